The predicted molar refractivity (Wildman–Crippen MR) is 161 cm³/mol. The Morgan fingerprint density at radius 1 is 0.711 bits per heavy atom. The van der Waals surface area contributed by atoms with Gasteiger partial charge in [-0.05, 0) is 66.8 Å². The fourth-order valence-corrected chi connectivity index (χ4v) is 4.94. The molecule has 0 spiro atoms. The average Bonchev–Trinajstić information content (AvgIpc) is 2.94. The van der Waals surface area contributed by atoms with E-state index < -0.39 is 0 Å². The number of unbranched alkanes of at least 4 members (excludes halogenated alkanes) is 10. The minimum atomic E-state index is 0.0589. The summed E-state index contributed by atoms with van der Waals surface area (Å²) in [6, 6.07) is 19.9. The normalized spacial score (nSPS) is 12.0. The molecule has 0 aliphatic rings. The number of hydrogen-bond acceptors (Lipinski definition) is 3. The second-order valence-electron chi connectivity index (χ2n) is 10.7. The molecule has 0 unspecified atom stereocenters. The fraction of sp³-hybridized carbons (Fsp3) is 0.514. The van der Waals surface area contributed by atoms with Crippen molar-refractivity contribution in [3.8, 4) is 17.2 Å². The van der Waals surface area contributed by atoms with E-state index in [-0.39, 0.29) is 11.7 Å². The molecule has 1 atom stereocenters. The molecule has 3 aromatic rings. The van der Waals surface area contributed by atoms with Crippen LogP contribution in [-0.2, 0) is 0 Å². The molecule has 0 aliphatic carbocycles. The molecule has 206 valence electrons. The third-order valence-electron chi connectivity index (χ3n) is 7.38. The Morgan fingerprint density at radius 2 is 1.34 bits per heavy atom. The summed E-state index contributed by atoms with van der Waals surface area (Å²) in [5.41, 5.74) is 0.761. The summed E-state index contributed by atoms with van der Waals surface area (Å²) in [7, 11) is 0. The van der Waals surface area contributed by atoms with Crippen molar-refractivity contribution >= 4 is 16.6 Å². The molecule has 0 saturated heterocycles. The van der Waals surface area contributed by atoms with Gasteiger partial charge in [-0.15, -0.1) is 0 Å². The second-order valence-corrected chi connectivity index (χ2v) is 10.7. The Hall–Kier alpha value is -2.81. The Bertz CT molecular complexity index is 1090. The Labute approximate surface area is 230 Å². The molecule has 0 radical (unpaired) electrons. The maximum Gasteiger partial charge on any atom is 0.165 e. The van der Waals surface area contributed by atoms with Crippen molar-refractivity contribution in [2.24, 2.45) is 5.92 Å². The van der Waals surface area contributed by atoms with Crippen LogP contribution in [0, 0.1) is 5.92 Å². The highest BCUT2D eigenvalue weighted by molar-refractivity contribution is 5.97. The topological polar surface area (TPSA) is 35.5 Å². The van der Waals surface area contributed by atoms with Gasteiger partial charge >= 0.3 is 0 Å². The lowest BCUT2D eigenvalue weighted by Gasteiger charge is -2.13. The summed E-state index contributed by atoms with van der Waals surface area (Å²) in [5, 5.41) is 2.15. The van der Waals surface area contributed by atoms with Gasteiger partial charge in [-0.3, -0.25) is 4.79 Å². The summed E-state index contributed by atoms with van der Waals surface area (Å²) >= 11 is 0. The molecule has 0 amide bonds. The van der Waals surface area contributed by atoms with E-state index in [1.54, 1.807) is 0 Å². The number of ether oxygens (including phenoxy) is 2. The molecule has 3 heteroatoms. The van der Waals surface area contributed by atoms with Gasteiger partial charge in [0.1, 0.15) is 17.2 Å². The highest BCUT2D eigenvalue weighted by Gasteiger charge is 2.15. The largest absolute Gasteiger partial charge is 0.494 e. The van der Waals surface area contributed by atoms with E-state index in [0.29, 0.717) is 0 Å². The third kappa shape index (κ3) is 9.82. The maximum atomic E-state index is 12.8. The standard InChI is InChI=1S/C35H48O3/c1-4-6-8-10-11-12-13-15-26-37-32-24-25-33-30(27-32)18-16-19-34(33)38-31-22-20-29(21-23-31)35(36)28(3)17-14-9-7-5-2/h16,18-25,27-28H,4-15,17,26H2,1-3H3/t28-/m1/s1. The molecule has 38 heavy (non-hydrogen) atoms. The Kier molecular flexibility index (Phi) is 13.2. The van der Waals surface area contributed by atoms with Gasteiger partial charge in [0.05, 0.1) is 6.61 Å². The zero-order valence-corrected chi connectivity index (χ0v) is 24.0. The van der Waals surface area contributed by atoms with Crippen LogP contribution in [0.25, 0.3) is 10.8 Å². The van der Waals surface area contributed by atoms with Crippen LogP contribution in [0.2, 0.25) is 0 Å². The fourth-order valence-electron chi connectivity index (χ4n) is 4.94. The molecule has 0 aromatic heterocycles. The van der Waals surface area contributed by atoms with Crippen LogP contribution in [0.3, 0.4) is 0 Å². The molecule has 0 fully saturated rings. The van der Waals surface area contributed by atoms with Gasteiger partial charge in [0.25, 0.3) is 0 Å². The first kappa shape index (κ1) is 29.7. The van der Waals surface area contributed by atoms with Crippen LogP contribution in [-0.4, -0.2) is 12.4 Å². The van der Waals surface area contributed by atoms with Gasteiger partial charge in [0.15, 0.2) is 5.78 Å². The highest BCUT2D eigenvalue weighted by Crippen LogP contribution is 2.32. The first-order valence-electron chi connectivity index (χ1n) is 15.1. The van der Waals surface area contributed by atoms with Crippen molar-refractivity contribution in [2.75, 3.05) is 6.61 Å². The van der Waals surface area contributed by atoms with E-state index >= 15 is 0 Å². The van der Waals surface area contributed by atoms with Crippen molar-refractivity contribution in [3.63, 3.8) is 0 Å². The van der Waals surface area contributed by atoms with Crippen molar-refractivity contribution < 1.29 is 14.3 Å². The Morgan fingerprint density at radius 3 is 2.05 bits per heavy atom. The highest BCUT2D eigenvalue weighted by atomic mass is 16.5. The number of rotatable bonds is 19. The Balaban J connectivity index is 1.50. The van der Waals surface area contributed by atoms with Crippen LogP contribution in [0.15, 0.2) is 60.7 Å². The van der Waals surface area contributed by atoms with Gasteiger partial charge in [0, 0.05) is 16.9 Å². The van der Waals surface area contributed by atoms with Gasteiger partial charge in [-0.1, -0.05) is 104 Å². The van der Waals surface area contributed by atoms with Crippen molar-refractivity contribution in [3.05, 3.63) is 66.2 Å². The second kappa shape index (κ2) is 16.9. The average molecular weight is 517 g/mol. The van der Waals surface area contributed by atoms with E-state index in [0.717, 1.165) is 59.5 Å². The van der Waals surface area contributed by atoms with E-state index in [1.165, 1.54) is 64.2 Å². The molecule has 0 N–H and O–H groups in total. The predicted octanol–water partition coefficient (Wildman–Crippen LogP) is 10.9. The molecule has 0 heterocycles. The van der Waals surface area contributed by atoms with E-state index in [1.807, 2.05) is 49.4 Å². The van der Waals surface area contributed by atoms with Crippen LogP contribution in [0.5, 0.6) is 17.2 Å². The zero-order valence-electron chi connectivity index (χ0n) is 24.0. The van der Waals surface area contributed by atoms with E-state index in [4.69, 9.17) is 9.47 Å². The number of fused-ring (bicyclic) bond motifs is 1. The van der Waals surface area contributed by atoms with Gasteiger partial charge in [-0.25, -0.2) is 0 Å². The lowest BCUT2D eigenvalue weighted by Crippen LogP contribution is -2.11. The monoisotopic (exact) mass is 516 g/mol. The zero-order chi connectivity index (χ0) is 27.0. The molecule has 0 aliphatic heterocycles. The summed E-state index contributed by atoms with van der Waals surface area (Å²) in [4.78, 5) is 12.8. The summed E-state index contributed by atoms with van der Waals surface area (Å²) in [5.74, 6) is 2.73. The minimum Gasteiger partial charge on any atom is -0.494 e. The minimum absolute atomic E-state index is 0.0589. The lowest BCUT2D eigenvalue weighted by molar-refractivity contribution is 0.0922. The van der Waals surface area contributed by atoms with Crippen LogP contribution >= 0.6 is 0 Å². The summed E-state index contributed by atoms with van der Waals surface area (Å²) < 4.78 is 12.3. The molecule has 3 rings (SSSR count). The molecular formula is C35H48O3. The van der Waals surface area contributed by atoms with Crippen molar-refractivity contribution in [2.45, 2.75) is 104 Å². The molecule has 0 bridgehead atoms. The lowest BCUT2D eigenvalue weighted by atomic mass is 9.94. The third-order valence-corrected chi connectivity index (χ3v) is 7.38. The quantitative estimate of drug-likeness (QED) is 0.117. The van der Waals surface area contributed by atoms with Gasteiger partial charge < -0.3 is 9.47 Å². The molecule has 3 aromatic carbocycles. The smallest absolute Gasteiger partial charge is 0.165 e. The van der Waals surface area contributed by atoms with Crippen molar-refractivity contribution in [1.82, 2.24) is 0 Å². The van der Waals surface area contributed by atoms with Crippen LogP contribution < -0.4 is 9.47 Å². The first-order valence-corrected chi connectivity index (χ1v) is 15.1. The van der Waals surface area contributed by atoms with E-state index in [2.05, 4.69) is 32.0 Å². The van der Waals surface area contributed by atoms with Crippen LogP contribution in [0.1, 0.15) is 115 Å². The van der Waals surface area contributed by atoms with Crippen molar-refractivity contribution in [1.29, 1.82) is 0 Å². The number of carbonyl (C=O) groups is 1. The number of ketones is 1. The molecule has 0 saturated carbocycles. The van der Waals surface area contributed by atoms with Gasteiger partial charge in [0.2, 0.25) is 0 Å². The van der Waals surface area contributed by atoms with E-state index in [9.17, 15) is 4.79 Å². The maximum absolute atomic E-state index is 12.8. The number of carbonyl (C=O) groups excluding carboxylic acids is 1. The molecule has 3 nitrogen and oxygen atoms in total. The summed E-state index contributed by atoms with van der Waals surface area (Å²) in [6.45, 7) is 7.28. The summed E-state index contributed by atoms with van der Waals surface area (Å²) in [6.07, 6.45) is 16.1. The van der Waals surface area contributed by atoms with Gasteiger partial charge in [-0.2, -0.15) is 0 Å². The number of hydrogen-bond donors (Lipinski definition) is 0. The SMILES string of the molecule is CCCCCCCCCCOc1ccc2c(Oc3ccc(C(=O)[C@H](C)CCCCCC)cc3)cccc2c1. The first-order chi connectivity index (χ1) is 18.6. The molecular weight excluding hydrogens is 468 g/mol. The number of benzene rings is 3. The van der Waals surface area contributed by atoms with Crippen LogP contribution in [0.4, 0.5) is 0 Å². The number of Topliss-reactive ketones (excluding diaryl/α,β-unsaturated/α-hetero) is 1.